The van der Waals surface area contributed by atoms with Gasteiger partial charge in [-0.1, -0.05) is 112 Å². The molecule has 0 bridgehead atoms. The minimum Gasteiger partial charge on any atom is -0.444 e. The van der Waals surface area contributed by atoms with Crippen LogP contribution in [-0.4, -0.2) is 534 Å². The van der Waals surface area contributed by atoms with Crippen LogP contribution in [-0.2, 0) is 114 Å². The molecular formula is C101H202FN19O27. The zero-order valence-corrected chi connectivity index (χ0v) is 90.4. The van der Waals surface area contributed by atoms with Crippen LogP contribution in [0.5, 0.6) is 0 Å². The van der Waals surface area contributed by atoms with Crippen LogP contribution in [0.25, 0.3) is 0 Å². The Morgan fingerprint density at radius 1 is 0.250 bits per heavy atom. The van der Waals surface area contributed by atoms with Crippen molar-refractivity contribution < 1.29 is 133 Å². The molecule has 148 heavy (non-hydrogen) atoms. The first-order chi connectivity index (χ1) is 67.8. The number of ether oxygens (including phenoxy) is 13. The molecule has 0 radical (unpaired) electrons. The first kappa shape index (κ1) is 148. The fourth-order valence-corrected chi connectivity index (χ4v) is 14.5. The standard InChI is InChI=1S/2C8H15NO2.2C7H14N2O2.6C7H13NO2.C6H11FN2O.2C6H12N2O2.C6H11NO2.5CH4/c1-3-7-4-9(2)8(10)6-11-5-7;1-3-4-7-5-9(2)8(10)6-11-7;1-9-3-6(2-8)4-11-5-7(9)10;1-9-4-6(2-3-8)11-5-7(9)10;5*1-3-6-4-8(2)7(9)5-10-6;1-3-4-6-5-8(2)7(9)10-6;1-9-4-5(7)2-8-3-6(9)10;1-8-3-5(2-7)10-4-6(8)9;1-8-4-5(2-3-7)10-6(8)9;1-3-5-4-7(2)6(8)9-5;;;;;/h2*7H,3-6H2,1-2H3;2*6H,2-5,8H2,1H3;6*6H,3-5H2,1-2H3;5,8H,2-4H2,1H3;2*5H,2-4,7H2,1H3;5H,3-4H2,1-2H3;5*1H4/t2*7-;8*6-;2*5-;;;;;;;/m100111000011......./s1. The number of nitrogens with one attached hydrogen (secondary N) is 1. The Labute approximate surface area is 886 Å². The third-order valence-corrected chi connectivity index (χ3v) is 24.7. The lowest BCUT2D eigenvalue weighted by Crippen LogP contribution is -2.47. The molecule has 46 nitrogen and oxygen atoms in total. The van der Waals surface area contributed by atoms with Crippen molar-refractivity contribution in [2.24, 2.45) is 34.8 Å². The molecule has 14 fully saturated rings. The Balaban J connectivity index is -0.000000495. The normalized spacial score (nSPS) is 25.8. The van der Waals surface area contributed by atoms with Gasteiger partial charge in [0, 0.05) is 183 Å². The molecule has 2 unspecified atom stereocenters. The van der Waals surface area contributed by atoms with Gasteiger partial charge in [-0.3, -0.25) is 52.7 Å². The number of cyclic esters (lactones) is 3. The van der Waals surface area contributed by atoms with Crippen molar-refractivity contribution in [1.82, 2.24) is 73.9 Å². The number of nitrogens with two attached hydrogens (primary N) is 4. The molecule has 0 aliphatic carbocycles. The molecule has 14 rings (SSSR count). The van der Waals surface area contributed by atoms with E-state index in [1.54, 1.807) is 113 Å². The summed E-state index contributed by atoms with van der Waals surface area (Å²) in [5.41, 5.74) is 21.5. The summed E-state index contributed by atoms with van der Waals surface area (Å²) in [7, 11) is 24.9. The van der Waals surface area contributed by atoms with E-state index in [0.717, 1.165) is 156 Å². The quantitative estimate of drug-likeness (QED) is 0.129. The highest BCUT2D eigenvalue weighted by atomic mass is 19.1. The molecule has 9 N–H and O–H groups in total. The second-order valence-electron chi connectivity index (χ2n) is 37.2. The van der Waals surface area contributed by atoms with E-state index in [4.69, 9.17) is 84.5 Å². The number of halogens is 1. The van der Waals surface area contributed by atoms with Crippen LogP contribution in [0.4, 0.5) is 18.8 Å². The van der Waals surface area contributed by atoms with E-state index in [0.29, 0.717) is 64.3 Å². The van der Waals surface area contributed by atoms with E-state index in [-0.39, 0.29) is 273 Å². The largest absolute Gasteiger partial charge is 0.444 e. The molecule has 0 aromatic carbocycles. The Bertz CT molecular complexity index is 3330. The summed E-state index contributed by atoms with van der Waals surface area (Å²) in [6.07, 6.45) is 13.2. The molecule has 870 valence electrons. The zero-order chi connectivity index (χ0) is 108. The average molecular weight is 2130 g/mol. The van der Waals surface area contributed by atoms with Crippen LogP contribution in [0.3, 0.4) is 0 Å². The predicted molar refractivity (Wildman–Crippen MR) is 568 cm³/mol. The third kappa shape index (κ3) is 61.7. The van der Waals surface area contributed by atoms with Crippen molar-refractivity contribution in [3.63, 3.8) is 0 Å². The molecule has 0 saturated carbocycles. The van der Waals surface area contributed by atoms with Crippen molar-refractivity contribution in [3.8, 4) is 0 Å². The monoisotopic (exact) mass is 2130 g/mol. The summed E-state index contributed by atoms with van der Waals surface area (Å²) in [5, 5.41) is 2.71. The summed E-state index contributed by atoms with van der Waals surface area (Å²) >= 11 is 0. The van der Waals surface area contributed by atoms with Crippen molar-refractivity contribution >= 4 is 83.3 Å². The Kier molecular flexibility index (Phi) is 83.7. The number of amides is 14. The van der Waals surface area contributed by atoms with Crippen LogP contribution in [0.2, 0.25) is 0 Å². The van der Waals surface area contributed by atoms with Crippen molar-refractivity contribution in [1.29, 1.82) is 0 Å². The maximum absolute atomic E-state index is 12.6. The van der Waals surface area contributed by atoms with Crippen LogP contribution < -0.4 is 28.3 Å². The first-order valence-corrected chi connectivity index (χ1v) is 50.4. The van der Waals surface area contributed by atoms with E-state index >= 15 is 0 Å². The van der Waals surface area contributed by atoms with Crippen molar-refractivity contribution in [3.05, 3.63) is 0 Å². The van der Waals surface area contributed by atoms with Gasteiger partial charge in [0.15, 0.2) is 0 Å². The van der Waals surface area contributed by atoms with E-state index in [9.17, 15) is 71.5 Å². The van der Waals surface area contributed by atoms with Gasteiger partial charge in [0.05, 0.1) is 94.8 Å². The number of likely N-dealkylation sites (N-methyl/N-ethyl adjacent to an activating group) is 14. The van der Waals surface area contributed by atoms with Gasteiger partial charge in [-0.2, -0.15) is 0 Å². The Morgan fingerprint density at radius 3 is 0.730 bits per heavy atom. The zero-order valence-electron chi connectivity index (χ0n) is 90.4. The van der Waals surface area contributed by atoms with Gasteiger partial charge in [-0.15, -0.1) is 0 Å². The lowest BCUT2D eigenvalue weighted by Gasteiger charge is -2.29. The second-order valence-corrected chi connectivity index (χ2v) is 37.2. The molecule has 14 amide bonds. The van der Waals surface area contributed by atoms with Gasteiger partial charge in [0.1, 0.15) is 90.6 Å². The highest BCUT2D eigenvalue weighted by Gasteiger charge is 2.33. The van der Waals surface area contributed by atoms with Crippen LogP contribution >= 0.6 is 0 Å². The molecule has 47 heteroatoms. The molecule has 14 atom stereocenters. The van der Waals surface area contributed by atoms with Crippen LogP contribution in [0.15, 0.2) is 0 Å². The second kappa shape index (κ2) is 83.9. The smallest absolute Gasteiger partial charge is 0.409 e. The number of hydrogen-bond donors (Lipinski definition) is 5. The van der Waals surface area contributed by atoms with Crippen LogP contribution in [0, 0.1) is 11.8 Å². The molecular weight excluding hydrogens is 1930 g/mol. The number of hydrogen-bond acceptors (Lipinski definition) is 32. The molecule has 0 aromatic rings. The average Bonchev–Trinajstić information content (AvgIpc) is 1.76. The SMILES string of the molecule is C.C.C.C.C.CCC1CN(C)C(=O)O1.CCC[C@H]1CN(C)C(=O)CO1.CCC[C@H]1CN(C)C(=O)O1.CC[C@@H]1CN(C)C(=O)CO1.CC[C@@H]1CN(C)C(=O)CO1.CC[C@H]1CN(C)C(=O)CO1.CC[C@H]1CN(C)C(=O)CO1.CC[C@H]1CN(C)C(=O)CO1.CC[C@H]1COCC(=O)N(C)C1.CN1CC(CCN)OC1=O.CN1C[C@@H](CCN)OCC1=O.CN1C[C@@H](CN)OCC1=O.CN1C[C@H](CN)COCC1=O.CN1C[C@H](F)CNCC1=O. The number of nitrogens with zero attached hydrogens (tertiary/aromatic N) is 14. The lowest BCUT2D eigenvalue weighted by molar-refractivity contribution is -0.147. The highest BCUT2D eigenvalue weighted by molar-refractivity contribution is 5.82. The summed E-state index contributed by atoms with van der Waals surface area (Å²) < 4.78 is 79.5. The Hall–Kier alpha value is -8.69. The van der Waals surface area contributed by atoms with Gasteiger partial charge in [0.2, 0.25) is 65.0 Å². The third-order valence-electron chi connectivity index (χ3n) is 24.7. The van der Waals surface area contributed by atoms with E-state index < -0.39 is 6.17 Å². The summed E-state index contributed by atoms with van der Waals surface area (Å²) in [5.74, 6) is 1.54. The van der Waals surface area contributed by atoms with Crippen molar-refractivity contribution in [2.45, 2.75) is 256 Å². The minimum atomic E-state index is -0.920. The maximum Gasteiger partial charge on any atom is 0.409 e. The summed E-state index contributed by atoms with van der Waals surface area (Å²) in [6.45, 7) is 34.9. The predicted octanol–water partition coefficient (Wildman–Crippen LogP) is 3.89. The number of morpholine rings is 8. The highest BCUT2D eigenvalue weighted by Crippen LogP contribution is 2.19. The molecule has 0 aromatic heterocycles. The minimum absolute atomic E-state index is 0. The molecule has 14 saturated heterocycles. The number of alkyl halides is 1. The molecule has 14 heterocycles. The van der Waals surface area contributed by atoms with Crippen molar-refractivity contribution in [2.75, 3.05) is 309 Å². The van der Waals surface area contributed by atoms with Gasteiger partial charge < -0.3 is 158 Å². The van der Waals surface area contributed by atoms with E-state index in [2.05, 4.69) is 60.7 Å². The summed E-state index contributed by atoms with van der Waals surface area (Å²) in [4.78, 5) is 175. The fourth-order valence-electron chi connectivity index (χ4n) is 14.5. The van der Waals surface area contributed by atoms with Gasteiger partial charge in [0.25, 0.3) is 0 Å². The van der Waals surface area contributed by atoms with Gasteiger partial charge in [-0.05, 0) is 96.2 Å². The number of carbonyl (C=O) groups excluding carboxylic acids is 14. The summed E-state index contributed by atoms with van der Waals surface area (Å²) in [6, 6.07) is 0. The number of rotatable bonds is 17. The first-order valence-electron chi connectivity index (χ1n) is 50.4. The molecule has 14 aliphatic rings. The van der Waals surface area contributed by atoms with E-state index in [1.165, 1.54) is 4.90 Å². The maximum atomic E-state index is 12.6. The number of carbonyl (C=O) groups is 14. The molecule has 14 aliphatic heterocycles. The van der Waals surface area contributed by atoms with Crippen LogP contribution in [0.1, 0.15) is 183 Å². The Morgan fingerprint density at radius 2 is 0.473 bits per heavy atom. The fraction of sp³-hybridized carbons (Fsp3) is 0.861. The van der Waals surface area contributed by atoms with E-state index in [1.807, 2.05) is 56.3 Å². The topological polar surface area (TPSA) is 520 Å². The van der Waals surface area contributed by atoms with Gasteiger partial charge >= 0.3 is 18.3 Å². The van der Waals surface area contributed by atoms with Gasteiger partial charge in [-0.25, -0.2) is 18.8 Å². The molecule has 0 spiro atoms. The lowest BCUT2D eigenvalue weighted by atomic mass is 10.1.